The average molecular weight is 340 g/mol. The Morgan fingerprint density at radius 1 is 0.826 bits per heavy atom. The van der Waals surface area contributed by atoms with Crippen LogP contribution in [-0.2, 0) is 0 Å². The predicted octanol–water partition coefficient (Wildman–Crippen LogP) is -1.72. The van der Waals surface area contributed by atoms with Gasteiger partial charge in [-0.2, -0.15) is 0 Å². The van der Waals surface area contributed by atoms with E-state index in [4.69, 9.17) is 19.4 Å². The number of nitrogens with zero attached hydrogens (tertiary/aromatic N) is 6. The molecule has 3 aromatic heterocycles. The topological polar surface area (TPSA) is 80.3 Å². The second kappa shape index (κ2) is 6.12. The minimum absolute atomic E-state index is 0.609. The average Bonchev–Trinajstić information content (AvgIpc) is 3.29. The molecule has 3 aromatic rings. The summed E-state index contributed by atoms with van der Waals surface area (Å²) in [5, 5.41) is 9.65. The van der Waals surface area contributed by atoms with Crippen LogP contribution in [0.1, 0.15) is 0 Å². The summed E-state index contributed by atoms with van der Waals surface area (Å²) in [6.07, 6.45) is 6.86. The SMILES string of the molecule is COn1cc[n+](OC)c1-c1nnc(-c2n(OC)cc[n+]2OC)s1. The van der Waals surface area contributed by atoms with Crippen LogP contribution in [0.15, 0.2) is 24.8 Å². The maximum absolute atomic E-state index is 5.27. The molecule has 23 heavy (non-hydrogen) atoms. The van der Waals surface area contributed by atoms with Crippen LogP contribution in [0, 0.1) is 0 Å². The zero-order chi connectivity index (χ0) is 16.4. The highest BCUT2D eigenvalue weighted by Gasteiger charge is 2.31. The summed E-state index contributed by atoms with van der Waals surface area (Å²) in [6.45, 7) is 0. The van der Waals surface area contributed by atoms with Gasteiger partial charge in [-0.05, 0) is 18.9 Å². The van der Waals surface area contributed by atoms with Crippen molar-refractivity contribution in [3.63, 3.8) is 0 Å². The van der Waals surface area contributed by atoms with Crippen molar-refractivity contribution in [2.24, 2.45) is 0 Å². The third-order valence-corrected chi connectivity index (χ3v) is 4.02. The smallest absolute Gasteiger partial charge is 0.339 e. The molecule has 0 aliphatic carbocycles. The molecule has 0 N–H and O–H groups in total. The first-order valence-electron chi connectivity index (χ1n) is 6.51. The Morgan fingerprint density at radius 3 is 1.61 bits per heavy atom. The largest absolute Gasteiger partial charge is 0.398 e. The van der Waals surface area contributed by atoms with Crippen molar-refractivity contribution in [1.82, 2.24) is 19.7 Å². The first-order chi connectivity index (χ1) is 11.2. The Morgan fingerprint density at radius 2 is 1.26 bits per heavy atom. The van der Waals surface area contributed by atoms with E-state index in [9.17, 15) is 0 Å². The Balaban J connectivity index is 2.08. The standard InChI is InChI=1S/C12H16N6O4S/c1-19-15-5-6-16(20-2)11(15)9-13-14-10(23-9)12-17(21-3)7-8-18(12)22-4/h5-8H,1-4H3/q+2. The van der Waals surface area contributed by atoms with Crippen molar-refractivity contribution < 1.29 is 28.8 Å². The van der Waals surface area contributed by atoms with Crippen molar-refractivity contribution in [2.75, 3.05) is 28.4 Å². The predicted molar refractivity (Wildman–Crippen MR) is 77.2 cm³/mol. The third-order valence-electron chi connectivity index (χ3n) is 3.10. The molecule has 0 fully saturated rings. The van der Waals surface area contributed by atoms with E-state index in [1.807, 2.05) is 0 Å². The number of hydrogen-bond donors (Lipinski definition) is 0. The minimum atomic E-state index is 0.609. The van der Waals surface area contributed by atoms with Gasteiger partial charge < -0.3 is 19.4 Å². The Labute approximate surface area is 135 Å². The van der Waals surface area contributed by atoms with Gasteiger partial charge in [0.15, 0.2) is 24.8 Å². The maximum atomic E-state index is 5.27. The van der Waals surface area contributed by atoms with Gasteiger partial charge in [-0.15, -0.1) is 10.2 Å². The molecule has 0 spiro atoms. The Kier molecular flexibility index (Phi) is 4.02. The second-order valence-corrected chi connectivity index (χ2v) is 5.17. The summed E-state index contributed by atoms with van der Waals surface area (Å²) in [6, 6.07) is 0. The van der Waals surface area contributed by atoms with Gasteiger partial charge >= 0.3 is 11.6 Å². The summed E-state index contributed by atoms with van der Waals surface area (Å²) < 4.78 is 6.14. The van der Waals surface area contributed by atoms with Crippen LogP contribution in [0.2, 0.25) is 0 Å². The van der Waals surface area contributed by atoms with Crippen LogP contribution in [0.4, 0.5) is 0 Å². The number of hydrogen-bond acceptors (Lipinski definition) is 7. The van der Waals surface area contributed by atoms with E-state index < -0.39 is 0 Å². The van der Waals surface area contributed by atoms with E-state index in [0.29, 0.717) is 21.7 Å². The monoisotopic (exact) mass is 340 g/mol. The van der Waals surface area contributed by atoms with Gasteiger partial charge in [-0.25, -0.2) is 0 Å². The molecule has 0 aliphatic rings. The van der Waals surface area contributed by atoms with Crippen molar-refractivity contribution in [3.05, 3.63) is 24.8 Å². The Hall–Kier alpha value is -2.82. The number of rotatable bonds is 6. The summed E-state index contributed by atoms with van der Waals surface area (Å²) in [5.41, 5.74) is 0. The molecule has 0 atom stereocenters. The lowest BCUT2D eigenvalue weighted by Crippen LogP contribution is -2.41. The van der Waals surface area contributed by atoms with Gasteiger partial charge in [0.1, 0.15) is 28.4 Å². The van der Waals surface area contributed by atoms with Crippen LogP contribution < -0.4 is 28.8 Å². The van der Waals surface area contributed by atoms with Gasteiger partial charge in [-0.1, -0.05) is 11.3 Å². The molecule has 0 radical (unpaired) electrons. The fourth-order valence-electron chi connectivity index (χ4n) is 2.09. The van der Waals surface area contributed by atoms with E-state index in [0.717, 1.165) is 0 Å². The summed E-state index contributed by atoms with van der Waals surface area (Å²) in [5.74, 6) is 1.22. The zero-order valence-corrected chi connectivity index (χ0v) is 13.9. The summed E-state index contributed by atoms with van der Waals surface area (Å²) >= 11 is 1.34. The van der Waals surface area contributed by atoms with Crippen LogP contribution in [0.25, 0.3) is 21.7 Å². The molecule has 0 bridgehead atoms. The molecule has 0 saturated carbocycles. The summed E-state index contributed by atoms with van der Waals surface area (Å²) in [7, 11) is 6.22. The van der Waals surface area contributed by atoms with Gasteiger partial charge in [0.2, 0.25) is 10.0 Å². The quantitative estimate of drug-likeness (QED) is 0.497. The highest BCUT2D eigenvalue weighted by molar-refractivity contribution is 7.17. The van der Waals surface area contributed by atoms with Gasteiger partial charge in [0.05, 0.1) is 0 Å². The maximum Gasteiger partial charge on any atom is 0.398 e. The van der Waals surface area contributed by atoms with Gasteiger partial charge in [0.25, 0.3) is 0 Å². The molecular weight excluding hydrogens is 324 g/mol. The molecule has 0 aliphatic heterocycles. The molecule has 0 amide bonds. The van der Waals surface area contributed by atoms with Gasteiger partial charge in [-0.3, -0.25) is 0 Å². The lowest BCUT2D eigenvalue weighted by Gasteiger charge is -1.97. The molecule has 11 heteroatoms. The minimum Gasteiger partial charge on any atom is -0.339 e. The van der Waals surface area contributed by atoms with Crippen LogP contribution in [0.3, 0.4) is 0 Å². The molecule has 0 unspecified atom stereocenters. The summed E-state index contributed by atoms with van der Waals surface area (Å²) in [4.78, 5) is 21.1. The lowest BCUT2D eigenvalue weighted by atomic mass is 10.6. The number of imidazole rings is 2. The van der Waals surface area contributed by atoms with Gasteiger partial charge in [0, 0.05) is 0 Å². The van der Waals surface area contributed by atoms with Crippen molar-refractivity contribution in [2.45, 2.75) is 0 Å². The Bertz CT molecular complexity index is 703. The van der Waals surface area contributed by atoms with E-state index in [1.165, 1.54) is 30.3 Å². The molecular formula is C12H16N6O4S+2. The van der Waals surface area contributed by atoms with Crippen LogP contribution >= 0.6 is 11.3 Å². The first kappa shape index (κ1) is 15.1. The van der Waals surface area contributed by atoms with E-state index >= 15 is 0 Å². The molecule has 3 heterocycles. The highest BCUT2D eigenvalue weighted by atomic mass is 32.1. The van der Waals surface area contributed by atoms with Crippen LogP contribution in [0.5, 0.6) is 0 Å². The van der Waals surface area contributed by atoms with Crippen molar-refractivity contribution in [3.8, 4) is 21.7 Å². The molecule has 122 valence electrons. The normalized spacial score (nSPS) is 10.6. The fourth-order valence-corrected chi connectivity index (χ4v) is 2.98. The lowest BCUT2D eigenvalue weighted by molar-refractivity contribution is -0.876. The van der Waals surface area contributed by atoms with E-state index in [2.05, 4.69) is 10.2 Å². The number of aromatic nitrogens is 6. The zero-order valence-electron chi connectivity index (χ0n) is 13.0. The molecule has 0 saturated heterocycles. The molecule has 10 nitrogen and oxygen atoms in total. The first-order valence-corrected chi connectivity index (χ1v) is 7.33. The molecule has 3 rings (SSSR count). The fraction of sp³-hybridized carbons (Fsp3) is 0.333. The second-order valence-electron chi connectivity index (χ2n) is 4.19. The highest BCUT2D eigenvalue weighted by Crippen LogP contribution is 2.26. The van der Waals surface area contributed by atoms with Crippen LogP contribution in [-0.4, -0.2) is 48.1 Å². The third kappa shape index (κ3) is 2.44. The van der Waals surface area contributed by atoms with E-state index in [1.54, 1.807) is 53.2 Å². The van der Waals surface area contributed by atoms with Crippen molar-refractivity contribution in [1.29, 1.82) is 0 Å². The van der Waals surface area contributed by atoms with E-state index in [-0.39, 0.29) is 0 Å². The molecule has 0 aromatic carbocycles. The van der Waals surface area contributed by atoms with Crippen molar-refractivity contribution >= 4 is 11.3 Å².